The number of morpholine rings is 1. The predicted molar refractivity (Wildman–Crippen MR) is 110 cm³/mol. The van der Waals surface area contributed by atoms with Crippen molar-refractivity contribution < 1.29 is 22.7 Å². The third-order valence-electron chi connectivity index (χ3n) is 4.55. The average Bonchev–Trinajstić information content (AvgIpc) is 2.65. The zero-order valence-corrected chi connectivity index (χ0v) is 18.1. The lowest BCUT2D eigenvalue weighted by Crippen LogP contribution is -2.50. The number of rotatable bonds is 9. The van der Waals surface area contributed by atoms with Gasteiger partial charge in [-0.25, -0.2) is 8.42 Å². The lowest BCUT2D eigenvalue weighted by molar-refractivity contribution is -0.122. The van der Waals surface area contributed by atoms with Crippen LogP contribution >= 0.6 is 11.6 Å². The fourth-order valence-electron chi connectivity index (χ4n) is 3.13. The van der Waals surface area contributed by atoms with Crippen LogP contribution in [-0.2, 0) is 19.6 Å². The molecule has 1 aliphatic rings. The summed E-state index contributed by atoms with van der Waals surface area (Å²) in [6.45, 7) is 5.93. The highest BCUT2D eigenvalue weighted by atomic mass is 35.5. The molecule has 1 saturated heterocycles. The summed E-state index contributed by atoms with van der Waals surface area (Å²) < 4.78 is 36.5. The van der Waals surface area contributed by atoms with E-state index in [9.17, 15) is 13.2 Å². The Labute approximate surface area is 171 Å². The maximum Gasteiger partial charge on any atom is 0.243 e. The van der Waals surface area contributed by atoms with E-state index in [-0.39, 0.29) is 10.9 Å². The van der Waals surface area contributed by atoms with Crippen molar-refractivity contribution >= 4 is 33.2 Å². The molecule has 0 unspecified atom stereocenters. The molecular weight excluding hydrogens is 406 g/mol. The van der Waals surface area contributed by atoms with Gasteiger partial charge in [0, 0.05) is 26.2 Å². The van der Waals surface area contributed by atoms with E-state index in [0.29, 0.717) is 44.2 Å². The summed E-state index contributed by atoms with van der Waals surface area (Å²) in [6.07, 6.45) is 1.40. The lowest BCUT2D eigenvalue weighted by atomic mass is 10.2. The zero-order valence-electron chi connectivity index (χ0n) is 16.5. The number of halogens is 1. The molecule has 28 heavy (non-hydrogen) atoms. The number of benzene rings is 1. The number of carbonyl (C=O) groups is 1. The Hall–Kier alpha value is -1.55. The Balaban J connectivity index is 2.13. The molecule has 1 heterocycles. The van der Waals surface area contributed by atoms with Crippen LogP contribution in [0.4, 0.5) is 5.69 Å². The van der Waals surface area contributed by atoms with Gasteiger partial charge < -0.3 is 14.8 Å². The highest BCUT2D eigenvalue weighted by Crippen LogP contribution is 2.31. The summed E-state index contributed by atoms with van der Waals surface area (Å²) in [4.78, 5) is 15.0. The Morgan fingerprint density at radius 1 is 1.39 bits per heavy atom. The average molecular weight is 434 g/mol. The molecule has 2 rings (SSSR count). The van der Waals surface area contributed by atoms with E-state index in [1.54, 1.807) is 19.1 Å². The molecule has 0 aromatic heterocycles. The standard InChI is InChI=1S/C18H28ClN3O5S/c1-4-16(18(23)20-7-8-21-9-11-27-12-10-21)22(28(3,24)25)14-5-6-17(26-2)15(19)13-14/h5-6,13,16H,4,7-12H2,1-3H3,(H,20,23)/t16-/m1/s1. The largest absolute Gasteiger partial charge is 0.495 e. The SMILES string of the molecule is CC[C@H](C(=O)NCCN1CCOCC1)N(c1ccc(OC)c(Cl)c1)S(C)(=O)=O. The second kappa shape index (κ2) is 10.3. The van der Waals surface area contributed by atoms with Crippen molar-refractivity contribution in [3.8, 4) is 5.75 Å². The van der Waals surface area contributed by atoms with Gasteiger partial charge in [0.25, 0.3) is 0 Å². The van der Waals surface area contributed by atoms with Crippen molar-refractivity contribution in [1.29, 1.82) is 0 Å². The van der Waals surface area contributed by atoms with Crippen LogP contribution in [0.2, 0.25) is 5.02 Å². The fraction of sp³-hybridized carbons (Fsp3) is 0.611. The van der Waals surface area contributed by atoms with Gasteiger partial charge in [0.15, 0.2) is 0 Å². The van der Waals surface area contributed by atoms with Gasteiger partial charge in [-0.15, -0.1) is 0 Å². The van der Waals surface area contributed by atoms with Crippen LogP contribution in [0, 0.1) is 0 Å². The number of hydrogen-bond acceptors (Lipinski definition) is 6. The number of nitrogens with one attached hydrogen (secondary N) is 1. The number of ether oxygens (including phenoxy) is 2. The summed E-state index contributed by atoms with van der Waals surface area (Å²) in [5.41, 5.74) is 0.323. The van der Waals surface area contributed by atoms with Crippen molar-refractivity contribution in [3.63, 3.8) is 0 Å². The summed E-state index contributed by atoms with van der Waals surface area (Å²) in [7, 11) is -2.23. The van der Waals surface area contributed by atoms with Gasteiger partial charge in [0.2, 0.25) is 15.9 Å². The number of carbonyl (C=O) groups excluding carboxylic acids is 1. The van der Waals surface area contributed by atoms with Gasteiger partial charge >= 0.3 is 0 Å². The number of sulfonamides is 1. The van der Waals surface area contributed by atoms with E-state index >= 15 is 0 Å². The van der Waals surface area contributed by atoms with Crippen molar-refractivity contribution in [2.45, 2.75) is 19.4 Å². The number of methoxy groups -OCH3 is 1. The maximum atomic E-state index is 12.8. The van der Waals surface area contributed by atoms with E-state index in [1.165, 1.54) is 13.2 Å². The van der Waals surface area contributed by atoms with E-state index in [1.807, 2.05) is 0 Å². The molecule has 1 aromatic rings. The Morgan fingerprint density at radius 3 is 2.61 bits per heavy atom. The molecule has 1 fully saturated rings. The minimum Gasteiger partial charge on any atom is -0.495 e. The smallest absolute Gasteiger partial charge is 0.243 e. The van der Waals surface area contributed by atoms with E-state index in [4.69, 9.17) is 21.1 Å². The number of anilines is 1. The van der Waals surface area contributed by atoms with Crippen LogP contribution in [0.25, 0.3) is 0 Å². The molecule has 1 atom stereocenters. The minimum absolute atomic E-state index is 0.274. The minimum atomic E-state index is -3.71. The molecule has 1 aliphatic heterocycles. The van der Waals surface area contributed by atoms with Crippen LogP contribution in [0.1, 0.15) is 13.3 Å². The zero-order chi connectivity index (χ0) is 20.7. The molecule has 0 radical (unpaired) electrons. The Bertz CT molecular complexity index is 768. The lowest BCUT2D eigenvalue weighted by Gasteiger charge is -2.31. The third-order valence-corrected chi connectivity index (χ3v) is 6.03. The van der Waals surface area contributed by atoms with E-state index in [0.717, 1.165) is 23.7 Å². The predicted octanol–water partition coefficient (Wildman–Crippen LogP) is 1.34. The van der Waals surface area contributed by atoms with Gasteiger partial charge in [0.1, 0.15) is 11.8 Å². The molecule has 0 saturated carbocycles. The van der Waals surface area contributed by atoms with E-state index in [2.05, 4.69) is 10.2 Å². The molecule has 0 aliphatic carbocycles. The first-order valence-electron chi connectivity index (χ1n) is 9.18. The maximum absolute atomic E-state index is 12.8. The normalized spacial score (nSPS) is 16.4. The first-order chi connectivity index (χ1) is 13.3. The Morgan fingerprint density at radius 2 is 2.07 bits per heavy atom. The highest BCUT2D eigenvalue weighted by molar-refractivity contribution is 7.92. The number of hydrogen-bond donors (Lipinski definition) is 1. The summed E-state index contributed by atoms with van der Waals surface area (Å²) in [5, 5.41) is 3.13. The number of amides is 1. The highest BCUT2D eigenvalue weighted by Gasteiger charge is 2.31. The molecular formula is C18H28ClN3O5S. The second-order valence-electron chi connectivity index (χ2n) is 6.55. The molecule has 0 spiro atoms. The van der Waals surface area contributed by atoms with Gasteiger partial charge in [-0.3, -0.25) is 14.0 Å². The van der Waals surface area contributed by atoms with Crippen LogP contribution in [0.5, 0.6) is 5.75 Å². The van der Waals surface area contributed by atoms with Gasteiger partial charge in [0.05, 0.1) is 37.3 Å². The summed E-state index contributed by atoms with van der Waals surface area (Å²) in [5.74, 6) is 0.0926. The van der Waals surface area contributed by atoms with Crippen LogP contribution in [0.15, 0.2) is 18.2 Å². The summed E-state index contributed by atoms with van der Waals surface area (Å²) in [6, 6.07) is 3.78. The summed E-state index contributed by atoms with van der Waals surface area (Å²) >= 11 is 6.16. The van der Waals surface area contributed by atoms with Gasteiger partial charge in [-0.2, -0.15) is 0 Å². The number of nitrogens with zero attached hydrogens (tertiary/aromatic N) is 2. The van der Waals surface area contributed by atoms with Gasteiger partial charge in [-0.1, -0.05) is 18.5 Å². The Kier molecular flexibility index (Phi) is 8.36. The van der Waals surface area contributed by atoms with Gasteiger partial charge in [-0.05, 0) is 24.6 Å². The van der Waals surface area contributed by atoms with Crippen LogP contribution in [-0.4, -0.2) is 78.0 Å². The van der Waals surface area contributed by atoms with Crippen molar-refractivity contribution in [2.75, 3.05) is 57.1 Å². The van der Waals surface area contributed by atoms with Crippen LogP contribution in [0.3, 0.4) is 0 Å². The quantitative estimate of drug-likeness (QED) is 0.632. The van der Waals surface area contributed by atoms with Crippen LogP contribution < -0.4 is 14.4 Å². The molecule has 8 nitrogen and oxygen atoms in total. The topological polar surface area (TPSA) is 88.2 Å². The monoisotopic (exact) mass is 433 g/mol. The van der Waals surface area contributed by atoms with E-state index < -0.39 is 16.1 Å². The molecule has 158 valence electrons. The molecule has 1 amide bonds. The molecule has 1 aromatic carbocycles. The molecule has 10 heteroatoms. The molecule has 1 N–H and O–H groups in total. The second-order valence-corrected chi connectivity index (χ2v) is 8.81. The van der Waals surface area contributed by atoms with Crippen molar-refractivity contribution in [3.05, 3.63) is 23.2 Å². The fourth-order valence-corrected chi connectivity index (χ4v) is 4.59. The first kappa shape index (κ1) is 22.7. The van der Waals surface area contributed by atoms with Crippen molar-refractivity contribution in [2.24, 2.45) is 0 Å². The van der Waals surface area contributed by atoms with Crippen molar-refractivity contribution in [1.82, 2.24) is 10.2 Å². The molecule has 0 bridgehead atoms. The third kappa shape index (κ3) is 5.97. The first-order valence-corrected chi connectivity index (χ1v) is 11.4.